The molecule has 2 aromatic carbocycles. The van der Waals surface area contributed by atoms with Crippen molar-refractivity contribution >= 4 is 51.6 Å². The SMILES string of the molecule is CCOC(=O)CCCN1CCN(CC=CC(=O)Nc2cc3c(Nc4ccc(F)c(Cl)c4)ncnc3cc2OCC2CC2)CC1. The van der Waals surface area contributed by atoms with Gasteiger partial charge in [0, 0.05) is 62.4 Å². The third-order valence-electron chi connectivity index (χ3n) is 7.61. The maximum atomic E-state index is 13.7. The lowest BCUT2D eigenvalue weighted by Crippen LogP contribution is -2.46. The number of benzene rings is 2. The number of esters is 1. The third kappa shape index (κ3) is 9.10. The molecule has 44 heavy (non-hydrogen) atoms. The molecule has 3 aromatic rings. The van der Waals surface area contributed by atoms with Crippen LogP contribution >= 0.6 is 11.6 Å². The van der Waals surface area contributed by atoms with E-state index in [-0.39, 0.29) is 16.9 Å². The summed E-state index contributed by atoms with van der Waals surface area (Å²) in [7, 11) is 0. The lowest BCUT2D eigenvalue weighted by Gasteiger charge is -2.34. The van der Waals surface area contributed by atoms with E-state index in [1.165, 1.54) is 18.5 Å². The predicted octanol–water partition coefficient (Wildman–Crippen LogP) is 5.41. The predicted molar refractivity (Wildman–Crippen MR) is 169 cm³/mol. The van der Waals surface area contributed by atoms with Crippen molar-refractivity contribution in [1.29, 1.82) is 0 Å². The van der Waals surface area contributed by atoms with Gasteiger partial charge in [-0.2, -0.15) is 0 Å². The van der Waals surface area contributed by atoms with Crippen LogP contribution in [0.25, 0.3) is 10.9 Å². The number of amides is 1. The van der Waals surface area contributed by atoms with E-state index in [9.17, 15) is 14.0 Å². The molecule has 1 saturated heterocycles. The summed E-state index contributed by atoms with van der Waals surface area (Å²) in [5.41, 5.74) is 1.71. The second-order valence-corrected chi connectivity index (χ2v) is 11.4. The van der Waals surface area contributed by atoms with Gasteiger partial charge in [-0.25, -0.2) is 14.4 Å². The number of fused-ring (bicyclic) bond motifs is 1. The molecule has 0 bridgehead atoms. The standard InChI is InChI=1S/C32H38ClFN6O4/c1-2-43-31(42)6-4-12-40-15-13-39(14-16-40)11-3-5-30(41)38-28-18-24-27(19-29(28)44-20-22-7-8-22)35-21-36-32(24)37-23-9-10-26(34)25(33)17-23/h3,5,9-10,17-19,21-22H,2,4,6-8,11-16,20H2,1H3,(H,38,41)(H,35,36,37). The molecule has 1 aromatic heterocycles. The Kier molecular flexibility index (Phi) is 11.0. The van der Waals surface area contributed by atoms with Gasteiger partial charge < -0.3 is 25.0 Å². The van der Waals surface area contributed by atoms with Gasteiger partial charge in [0.05, 0.1) is 29.4 Å². The van der Waals surface area contributed by atoms with Crippen molar-refractivity contribution in [2.45, 2.75) is 32.6 Å². The van der Waals surface area contributed by atoms with Gasteiger partial charge in [0.15, 0.2) is 0 Å². The topological polar surface area (TPSA) is 109 Å². The highest BCUT2D eigenvalue weighted by Crippen LogP contribution is 2.36. The normalized spacial score (nSPS) is 15.9. The van der Waals surface area contributed by atoms with Crippen molar-refractivity contribution in [3.8, 4) is 5.75 Å². The van der Waals surface area contributed by atoms with Crippen molar-refractivity contribution in [3.05, 3.63) is 59.7 Å². The van der Waals surface area contributed by atoms with Crippen LogP contribution in [0, 0.1) is 11.7 Å². The molecule has 2 heterocycles. The number of nitrogens with one attached hydrogen (secondary N) is 2. The van der Waals surface area contributed by atoms with Crippen LogP contribution < -0.4 is 15.4 Å². The van der Waals surface area contributed by atoms with Crippen LogP contribution in [0.2, 0.25) is 5.02 Å². The molecule has 12 heteroatoms. The molecule has 5 rings (SSSR count). The smallest absolute Gasteiger partial charge is 0.305 e. The summed E-state index contributed by atoms with van der Waals surface area (Å²) >= 11 is 5.96. The van der Waals surface area contributed by atoms with Crippen molar-refractivity contribution in [1.82, 2.24) is 19.8 Å². The van der Waals surface area contributed by atoms with E-state index < -0.39 is 5.82 Å². The summed E-state index contributed by atoms with van der Waals surface area (Å²) in [5, 5.41) is 6.80. The van der Waals surface area contributed by atoms with Gasteiger partial charge in [-0.1, -0.05) is 17.7 Å². The van der Waals surface area contributed by atoms with Gasteiger partial charge >= 0.3 is 5.97 Å². The van der Waals surface area contributed by atoms with Gasteiger partial charge in [0.1, 0.15) is 23.7 Å². The number of halogens is 2. The molecule has 0 spiro atoms. The quantitative estimate of drug-likeness (QED) is 0.180. The van der Waals surface area contributed by atoms with E-state index in [1.807, 2.05) is 13.0 Å². The number of carbonyl (C=O) groups is 2. The minimum absolute atomic E-state index is 0.00299. The molecule has 0 radical (unpaired) electrons. The molecule has 1 aliphatic heterocycles. The number of anilines is 3. The van der Waals surface area contributed by atoms with Crippen molar-refractivity contribution < 1.29 is 23.5 Å². The number of hydrogen-bond donors (Lipinski definition) is 2. The molecule has 2 N–H and O–H groups in total. The van der Waals surface area contributed by atoms with E-state index in [0.29, 0.717) is 65.9 Å². The van der Waals surface area contributed by atoms with Gasteiger partial charge in [-0.15, -0.1) is 0 Å². The van der Waals surface area contributed by atoms with Crippen LogP contribution in [0.5, 0.6) is 5.75 Å². The molecular weight excluding hydrogens is 587 g/mol. The summed E-state index contributed by atoms with van der Waals surface area (Å²) in [6.07, 6.45) is 8.36. The Hall–Kier alpha value is -3.80. The average molecular weight is 625 g/mol. The van der Waals surface area contributed by atoms with Crippen LogP contribution in [-0.2, 0) is 14.3 Å². The maximum absolute atomic E-state index is 13.7. The van der Waals surface area contributed by atoms with Crippen molar-refractivity contribution in [3.63, 3.8) is 0 Å². The Morgan fingerprint density at radius 1 is 1.11 bits per heavy atom. The van der Waals surface area contributed by atoms with E-state index in [1.54, 1.807) is 24.3 Å². The van der Waals surface area contributed by atoms with Crippen LogP contribution in [0.15, 0.2) is 48.8 Å². The summed E-state index contributed by atoms with van der Waals surface area (Å²) in [5.74, 6) is 0.635. The minimum Gasteiger partial charge on any atom is -0.491 e. The Morgan fingerprint density at radius 3 is 2.66 bits per heavy atom. The second-order valence-electron chi connectivity index (χ2n) is 11.0. The zero-order chi connectivity index (χ0) is 30.9. The van der Waals surface area contributed by atoms with Crippen molar-refractivity contribution in [2.24, 2.45) is 5.92 Å². The molecule has 2 aliphatic rings. The van der Waals surface area contributed by atoms with Gasteiger partial charge in [0.25, 0.3) is 0 Å². The number of rotatable bonds is 14. The fourth-order valence-electron chi connectivity index (χ4n) is 4.96. The van der Waals surface area contributed by atoms with Crippen LogP contribution in [0.1, 0.15) is 32.6 Å². The Morgan fingerprint density at radius 2 is 1.91 bits per heavy atom. The molecule has 2 fully saturated rings. The monoisotopic (exact) mass is 624 g/mol. The highest BCUT2D eigenvalue weighted by atomic mass is 35.5. The first-order valence-corrected chi connectivity index (χ1v) is 15.5. The number of hydrogen-bond acceptors (Lipinski definition) is 9. The number of piperazine rings is 1. The fourth-order valence-corrected chi connectivity index (χ4v) is 5.14. The number of carbonyl (C=O) groups excluding carboxylic acids is 2. The number of ether oxygens (including phenoxy) is 2. The molecule has 0 unspecified atom stereocenters. The van der Waals surface area contributed by atoms with Crippen LogP contribution in [0.3, 0.4) is 0 Å². The molecule has 1 saturated carbocycles. The lowest BCUT2D eigenvalue weighted by molar-refractivity contribution is -0.143. The molecular formula is C32H38ClFN6O4. The maximum Gasteiger partial charge on any atom is 0.305 e. The first kappa shape index (κ1) is 31.6. The van der Waals surface area contributed by atoms with E-state index >= 15 is 0 Å². The van der Waals surface area contributed by atoms with Gasteiger partial charge in [-0.05, 0) is 62.9 Å². The Bertz CT molecular complexity index is 1490. The summed E-state index contributed by atoms with van der Waals surface area (Å²) in [4.78, 5) is 38.0. The molecule has 0 atom stereocenters. The summed E-state index contributed by atoms with van der Waals surface area (Å²) < 4.78 is 24.8. The molecule has 1 aliphatic carbocycles. The van der Waals surface area contributed by atoms with E-state index in [4.69, 9.17) is 21.1 Å². The first-order valence-electron chi connectivity index (χ1n) is 15.1. The highest BCUT2D eigenvalue weighted by molar-refractivity contribution is 6.31. The number of nitrogens with zero attached hydrogens (tertiary/aromatic N) is 4. The minimum atomic E-state index is -0.509. The zero-order valence-corrected chi connectivity index (χ0v) is 25.6. The molecule has 10 nitrogen and oxygen atoms in total. The Balaban J connectivity index is 1.20. The van der Waals surface area contributed by atoms with E-state index in [2.05, 4.69) is 30.4 Å². The largest absolute Gasteiger partial charge is 0.491 e. The zero-order valence-electron chi connectivity index (χ0n) is 24.9. The van der Waals surface area contributed by atoms with Crippen LogP contribution in [-0.4, -0.2) is 84.1 Å². The molecule has 234 valence electrons. The summed E-state index contributed by atoms with van der Waals surface area (Å²) in [6, 6.07) is 7.93. The first-order chi connectivity index (χ1) is 21.4. The van der Waals surface area contributed by atoms with E-state index in [0.717, 1.165) is 52.0 Å². The Labute approximate surface area is 261 Å². The van der Waals surface area contributed by atoms with Gasteiger partial charge in [0.2, 0.25) is 5.91 Å². The third-order valence-corrected chi connectivity index (χ3v) is 7.90. The average Bonchev–Trinajstić information content (AvgIpc) is 3.84. The molecule has 1 amide bonds. The summed E-state index contributed by atoms with van der Waals surface area (Å²) in [6.45, 7) is 7.98. The number of aromatic nitrogens is 2. The lowest BCUT2D eigenvalue weighted by atomic mass is 10.1. The fraction of sp³-hybridized carbons (Fsp3) is 0.438. The highest BCUT2D eigenvalue weighted by Gasteiger charge is 2.23. The van der Waals surface area contributed by atoms with Gasteiger partial charge in [-0.3, -0.25) is 14.5 Å². The second kappa shape index (κ2) is 15.3. The van der Waals surface area contributed by atoms with Crippen LogP contribution in [0.4, 0.5) is 21.6 Å². The van der Waals surface area contributed by atoms with Crippen molar-refractivity contribution in [2.75, 3.05) is 63.1 Å².